The van der Waals surface area contributed by atoms with Crippen LogP contribution in [0, 0.1) is 11.3 Å². The Bertz CT molecular complexity index is 998. The van der Waals surface area contributed by atoms with Gasteiger partial charge in [0.2, 0.25) is 0 Å². The van der Waals surface area contributed by atoms with Gasteiger partial charge in [0, 0.05) is 44.0 Å². The Labute approximate surface area is 169 Å². The summed E-state index contributed by atoms with van der Waals surface area (Å²) in [5.41, 5.74) is 0.834. The molecule has 0 aliphatic carbocycles. The molecule has 0 spiro atoms. The number of pyridine rings is 2. The van der Waals surface area contributed by atoms with Gasteiger partial charge in [-0.05, 0) is 12.1 Å². The quantitative estimate of drug-likeness (QED) is 0.471. The number of rotatable bonds is 3. The molecule has 28 heavy (non-hydrogen) atoms. The summed E-state index contributed by atoms with van der Waals surface area (Å²) in [6, 6.07) is 3.70. The highest BCUT2D eigenvalue weighted by Crippen LogP contribution is 2.27. The van der Waals surface area contributed by atoms with Crippen LogP contribution >= 0.6 is 12.6 Å². The number of carbonyl (C=O) groups is 1. The molecule has 3 rings (SSSR count). The maximum atomic E-state index is 12.3. The lowest BCUT2D eigenvalue weighted by atomic mass is 10.1. The number of hydrogen-bond acceptors (Lipinski definition) is 6. The first-order valence-corrected chi connectivity index (χ1v) is 9.47. The third-order valence-electron chi connectivity index (χ3n) is 4.28. The van der Waals surface area contributed by atoms with Crippen LogP contribution in [0.2, 0.25) is 0 Å². The molecule has 0 unspecified atom stereocenters. The number of hydrogen-bond donors (Lipinski definition) is 2. The van der Waals surface area contributed by atoms with Crippen molar-refractivity contribution in [1.82, 2.24) is 14.9 Å². The van der Waals surface area contributed by atoms with Crippen molar-refractivity contribution in [2.45, 2.75) is 13.8 Å². The Balaban J connectivity index is 0.00000136. The number of amides is 1. The van der Waals surface area contributed by atoms with Crippen molar-refractivity contribution in [3.63, 3.8) is 0 Å². The summed E-state index contributed by atoms with van der Waals surface area (Å²) in [5.74, 6) is -0.161. The zero-order chi connectivity index (χ0) is 20.7. The highest BCUT2D eigenvalue weighted by molar-refractivity contribution is 7.85. The summed E-state index contributed by atoms with van der Waals surface area (Å²) in [5, 5.41) is 10.2. The van der Waals surface area contributed by atoms with E-state index in [2.05, 4.69) is 29.2 Å². The average Bonchev–Trinajstić information content (AvgIpc) is 2.74. The van der Waals surface area contributed by atoms with Crippen LogP contribution in [0.15, 0.2) is 46.9 Å². The predicted octanol–water partition coefficient (Wildman–Crippen LogP) is 2.47. The molecule has 1 fully saturated rings. The number of anilines is 1. The maximum Gasteiger partial charge on any atom is 0.268 e. The van der Waals surface area contributed by atoms with E-state index in [1.807, 2.05) is 24.8 Å². The molecule has 8 heteroatoms. The van der Waals surface area contributed by atoms with Crippen molar-refractivity contribution in [3.05, 3.63) is 58.0 Å². The summed E-state index contributed by atoms with van der Waals surface area (Å²) >= 11 is 4.19. The lowest BCUT2D eigenvalue weighted by Gasteiger charge is -2.36. The van der Waals surface area contributed by atoms with Crippen LogP contribution in [-0.2, 0) is 4.79 Å². The molecule has 0 atom stereocenters. The minimum Gasteiger partial charge on any atom is -0.366 e. The Morgan fingerprint density at radius 2 is 2.04 bits per heavy atom. The van der Waals surface area contributed by atoms with Crippen molar-refractivity contribution >= 4 is 35.1 Å². The number of fused-ring (bicyclic) bond motifs is 1. The van der Waals surface area contributed by atoms with Crippen molar-refractivity contribution < 1.29 is 4.79 Å². The van der Waals surface area contributed by atoms with Crippen molar-refractivity contribution in [3.8, 4) is 6.07 Å². The second kappa shape index (κ2) is 9.76. The molecule has 3 heterocycles. The van der Waals surface area contributed by atoms with Crippen LogP contribution in [0.25, 0.3) is 10.9 Å². The molecule has 146 valence electrons. The number of nitrogens with one attached hydrogen (secondary N) is 1. The molecule has 7 nitrogen and oxygen atoms in total. The molecule has 0 aromatic carbocycles. The third kappa shape index (κ3) is 4.26. The summed E-state index contributed by atoms with van der Waals surface area (Å²) in [7, 11) is 0. The fraction of sp³-hybridized carbons (Fsp3) is 0.300. The molecule has 0 bridgehead atoms. The smallest absolute Gasteiger partial charge is 0.268 e. The first-order valence-electron chi connectivity index (χ1n) is 9.02. The molecule has 1 saturated heterocycles. The zero-order valence-electron chi connectivity index (χ0n) is 16.0. The zero-order valence-corrected chi connectivity index (χ0v) is 16.9. The van der Waals surface area contributed by atoms with Crippen LogP contribution in [0.1, 0.15) is 19.4 Å². The van der Waals surface area contributed by atoms with E-state index in [-0.39, 0.29) is 11.5 Å². The topological polar surface area (TPSA) is 93.1 Å². The Hall–Kier alpha value is -3.05. The Kier molecular flexibility index (Phi) is 7.41. The summed E-state index contributed by atoms with van der Waals surface area (Å²) < 4.78 is 0. The fourth-order valence-electron chi connectivity index (χ4n) is 3.03. The summed E-state index contributed by atoms with van der Waals surface area (Å²) in [6.07, 6.45) is 6.30. The lowest BCUT2D eigenvalue weighted by molar-refractivity contribution is -0.126. The number of allylic oxidation sites excluding steroid dienone is 2. The normalized spacial score (nSPS) is 14.1. The van der Waals surface area contributed by atoms with E-state index in [9.17, 15) is 14.9 Å². The van der Waals surface area contributed by atoms with Gasteiger partial charge in [0.05, 0.1) is 16.1 Å². The number of nitrogens with zero attached hydrogens (tertiary/aromatic N) is 4. The average molecular weight is 398 g/mol. The monoisotopic (exact) mass is 397 g/mol. The van der Waals surface area contributed by atoms with E-state index in [1.165, 1.54) is 6.08 Å². The number of nitriles is 1. The molecule has 1 aliphatic rings. The van der Waals surface area contributed by atoms with Gasteiger partial charge in [-0.15, -0.1) is 12.6 Å². The summed E-state index contributed by atoms with van der Waals surface area (Å²) in [4.78, 5) is 35.4. The van der Waals surface area contributed by atoms with Crippen LogP contribution in [0.4, 0.5) is 5.69 Å². The van der Waals surface area contributed by atoms with Crippen molar-refractivity contribution in [2.24, 2.45) is 0 Å². The standard InChI is InChI=1S/C18H17N5O2S.C2H6/c1-2-3-15(26)18(25)23-8-6-22(7-9-23)16-12(10-19)17(24)21-14-4-5-20-11-13(14)16;1-2/h2-5,11,26H,1,6-9H2,(H,21,24);1-2H3/b15-3-;. The molecule has 2 aromatic heterocycles. The molecule has 1 aliphatic heterocycles. The molecule has 2 aromatic rings. The van der Waals surface area contributed by atoms with Crippen LogP contribution < -0.4 is 10.5 Å². The number of H-pyrrole nitrogens is 1. The van der Waals surface area contributed by atoms with E-state index < -0.39 is 5.56 Å². The molecule has 1 amide bonds. The Morgan fingerprint density at radius 1 is 1.36 bits per heavy atom. The van der Waals surface area contributed by atoms with Gasteiger partial charge in [-0.1, -0.05) is 26.5 Å². The largest absolute Gasteiger partial charge is 0.366 e. The van der Waals surface area contributed by atoms with Crippen LogP contribution in [0.3, 0.4) is 0 Å². The maximum absolute atomic E-state index is 12.3. The number of aromatic amines is 1. The minimum absolute atomic E-state index is 0.0618. The van der Waals surface area contributed by atoms with Crippen molar-refractivity contribution in [2.75, 3.05) is 31.1 Å². The third-order valence-corrected chi connectivity index (χ3v) is 4.62. The molecular weight excluding hydrogens is 374 g/mol. The second-order valence-electron chi connectivity index (χ2n) is 5.78. The number of carbonyl (C=O) groups excluding carboxylic acids is 1. The van der Waals surface area contributed by atoms with E-state index >= 15 is 0 Å². The predicted molar refractivity (Wildman–Crippen MR) is 114 cm³/mol. The van der Waals surface area contributed by atoms with Gasteiger partial charge < -0.3 is 14.8 Å². The molecular formula is C20H23N5O2S. The number of piperazine rings is 1. The van der Waals surface area contributed by atoms with E-state index in [0.717, 1.165) is 0 Å². The van der Waals surface area contributed by atoms with Gasteiger partial charge in [0.25, 0.3) is 11.5 Å². The fourth-order valence-corrected chi connectivity index (χ4v) is 3.28. The number of aromatic nitrogens is 2. The minimum atomic E-state index is -0.425. The highest BCUT2D eigenvalue weighted by atomic mass is 32.1. The Morgan fingerprint density at radius 3 is 2.64 bits per heavy atom. The van der Waals surface area contributed by atoms with Crippen LogP contribution in [0.5, 0.6) is 0 Å². The van der Waals surface area contributed by atoms with E-state index in [1.54, 1.807) is 29.4 Å². The SMILES string of the molecule is C=C/C=C(\S)C(=O)N1CCN(c2c(C#N)c(=O)[nH]c3ccncc23)CC1.CC. The summed E-state index contributed by atoms with van der Waals surface area (Å²) in [6.45, 7) is 9.50. The molecule has 1 N–H and O–H groups in total. The second-order valence-corrected chi connectivity index (χ2v) is 6.26. The van der Waals surface area contributed by atoms with Gasteiger partial charge in [-0.3, -0.25) is 14.6 Å². The van der Waals surface area contributed by atoms with E-state index in [4.69, 9.17) is 0 Å². The number of thiol groups is 1. The molecule has 0 saturated carbocycles. The van der Waals surface area contributed by atoms with Gasteiger partial charge >= 0.3 is 0 Å². The van der Waals surface area contributed by atoms with Gasteiger partial charge in [-0.25, -0.2) is 0 Å². The molecule has 0 radical (unpaired) electrons. The van der Waals surface area contributed by atoms with Gasteiger partial charge in [-0.2, -0.15) is 5.26 Å². The first-order chi connectivity index (χ1) is 13.6. The van der Waals surface area contributed by atoms with Gasteiger partial charge in [0.1, 0.15) is 11.6 Å². The lowest BCUT2D eigenvalue weighted by Crippen LogP contribution is -2.49. The van der Waals surface area contributed by atoms with Gasteiger partial charge in [0.15, 0.2) is 0 Å². The van der Waals surface area contributed by atoms with Crippen molar-refractivity contribution in [1.29, 1.82) is 5.26 Å². The highest BCUT2D eigenvalue weighted by Gasteiger charge is 2.26. The van der Waals surface area contributed by atoms with Crippen LogP contribution in [-0.4, -0.2) is 47.0 Å². The van der Waals surface area contributed by atoms with E-state index in [0.29, 0.717) is 47.7 Å². The first kappa shape index (κ1) is 21.3.